The normalized spacial score (nSPS) is 12.0. The lowest BCUT2D eigenvalue weighted by Crippen LogP contribution is -2.11. The number of rotatable bonds is 6. The van der Waals surface area contributed by atoms with Crippen LogP contribution in [0.4, 0.5) is 32.0 Å². The standard InChI is InChI=1S/C39H27F6N/c1-24(20-29-6-2-5-9-37(29)46)33-18-19-34(36-8-4-3-7-35(33)36)28-16-14-26(15-17-28)25-10-12-27(13-11-25)30-21-31(38(40,41)42)23-32(22-30)39(43,44)45/h2-19,21-23H,1,20,46H2. The Morgan fingerprint density at radius 3 is 1.54 bits per heavy atom. The second-order valence-electron chi connectivity index (χ2n) is 11.1. The van der Waals surface area contributed by atoms with Gasteiger partial charge in [-0.05, 0) is 91.5 Å². The van der Waals surface area contributed by atoms with E-state index in [-0.39, 0.29) is 17.2 Å². The Morgan fingerprint density at radius 2 is 1.00 bits per heavy atom. The molecule has 0 aliphatic rings. The van der Waals surface area contributed by atoms with Gasteiger partial charge < -0.3 is 5.73 Å². The van der Waals surface area contributed by atoms with Crippen molar-refractivity contribution >= 4 is 22.0 Å². The van der Waals surface area contributed by atoms with Gasteiger partial charge in [0.25, 0.3) is 0 Å². The van der Waals surface area contributed by atoms with Crippen molar-refractivity contribution in [3.05, 3.63) is 156 Å². The van der Waals surface area contributed by atoms with Crippen LogP contribution in [0.3, 0.4) is 0 Å². The van der Waals surface area contributed by atoms with Crippen LogP contribution in [-0.2, 0) is 18.8 Å². The van der Waals surface area contributed by atoms with E-state index in [9.17, 15) is 26.3 Å². The van der Waals surface area contributed by atoms with Gasteiger partial charge in [-0.25, -0.2) is 0 Å². The molecule has 0 fully saturated rings. The zero-order chi connectivity index (χ0) is 32.6. The van der Waals surface area contributed by atoms with Crippen molar-refractivity contribution in [1.82, 2.24) is 0 Å². The monoisotopic (exact) mass is 623 g/mol. The van der Waals surface area contributed by atoms with E-state index in [0.717, 1.165) is 67.5 Å². The summed E-state index contributed by atoms with van der Waals surface area (Å²) in [5, 5.41) is 2.14. The van der Waals surface area contributed by atoms with Crippen molar-refractivity contribution in [3.8, 4) is 33.4 Å². The van der Waals surface area contributed by atoms with Gasteiger partial charge in [-0.1, -0.05) is 110 Å². The molecule has 0 aromatic heterocycles. The van der Waals surface area contributed by atoms with Crippen LogP contribution in [0.25, 0.3) is 49.7 Å². The molecule has 0 saturated carbocycles. The molecule has 0 aliphatic heterocycles. The Morgan fingerprint density at radius 1 is 0.522 bits per heavy atom. The Labute approximate surface area is 262 Å². The van der Waals surface area contributed by atoms with Crippen LogP contribution in [-0.4, -0.2) is 0 Å². The van der Waals surface area contributed by atoms with Crippen LogP contribution in [0.15, 0.2) is 134 Å². The highest BCUT2D eigenvalue weighted by Crippen LogP contribution is 2.40. The molecule has 6 rings (SSSR count). The van der Waals surface area contributed by atoms with Crippen molar-refractivity contribution in [3.63, 3.8) is 0 Å². The number of hydrogen-bond acceptors (Lipinski definition) is 1. The lowest BCUT2D eigenvalue weighted by Gasteiger charge is -2.15. The Kier molecular flexibility index (Phi) is 7.94. The molecule has 0 spiro atoms. The van der Waals surface area contributed by atoms with Crippen molar-refractivity contribution in [1.29, 1.82) is 0 Å². The summed E-state index contributed by atoms with van der Waals surface area (Å²) in [5.41, 5.74) is 11.0. The quantitative estimate of drug-likeness (QED) is 0.145. The molecule has 0 atom stereocenters. The molecule has 2 N–H and O–H groups in total. The fourth-order valence-corrected chi connectivity index (χ4v) is 5.70. The molecule has 6 aromatic rings. The van der Waals surface area contributed by atoms with Crippen LogP contribution in [0.5, 0.6) is 0 Å². The fraction of sp³-hybridized carbons (Fsp3) is 0.0769. The summed E-state index contributed by atoms with van der Waals surface area (Å²) in [5.74, 6) is 0. The first kappa shape index (κ1) is 30.7. The van der Waals surface area contributed by atoms with E-state index in [4.69, 9.17) is 5.73 Å². The van der Waals surface area contributed by atoms with E-state index in [1.807, 2.05) is 60.7 Å². The van der Waals surface area contributed by atoms with Gasteiger partial charge in [-0.3, -0.25) is 0 Å². The number of halogens is 6. The predicted molar refractivity (Wildman–Crippen MR) is 174 cm³/mol. The van der Waals surface area contributed by atoms with Gasteiger partial charge in [0.2, 0.25) is 0 Å². The average molecular weight is 624 g/mol. The SMILES string of the molecule is C=C(Cc1ccccc1N)c1ccc(-c2ccc(-c3ccc(-c4cc(C(F)(F)F)cc(C(F)(F)F)c4)cc3)cc2)c2ccccc12. The van der Waals surface area contributed by atoms with Gasteiger partial charge in [0.15, 0.2) is 0 Å². The molecule has 46 heavy (non-hydrogen) atoms. The largest absolute Gasteiger partial charge is 0.416 e. The van der Waals surface area contributed by atoms with Crippen LogP contribution >= 0.6 is 0 Å². The third-order valence-electron chi connectivity index (χ3n) is 8.10. The number of benzene rings is 6. The number of fused-ring (bicyclic) bond motifs is 1. The van der Waals surface area contributed by atoms with Crippen LogP contribution in [0, 0.1) is 0 Å². The van der Waals surface area contributed by atoms with Crippen molar-refractivity contribution in [2.45, 2.75) is 18.8 Å². The minimum atomic E-state index is -4.91. The summed E-state index contributed by atoms with van der Waals surface area (Å²) in [6, 6.07) is 35.9. The molecule has 0 aliphatic carbocycles. The molecule has 0 unspecified atom stereocenters. The van der Waals surface area contributed by atoms with Crippen molar-refractivity contribution < 1.29 is 26.3 Å². The average Bonchev–Trinajstić information content (AvgIpc) is 3.04. The van der Waals surface area contributed by atoms with Crippen LogP contribution < -0.4 is 5.73 Å². The fourth-order valence-electron chi connectivity index (χ4n) is 5.70. The summed E-state index contributed by atoms with van der Waals surface area (Å²) in [7, 11) is 0. The van der Waals surface area contributed by atoms with E-state index in [2.05, 4.69) is 30.8 Å². The molecule has 6 aromatic carbocycles. The Hall–Kier alpha value is -5.30. The van der Waals surface area contributed by atoms with Gasteiger partial charge in [-0.15, -0.1) is 0 Å². The van der Waals surface area contributed by atoms with Gasteiger partial charge in [0.05, 0.1) is 11.1 Å². The molecule has 0 radical (unpaired) electrons. The third kappa shape index (κ3) is 6.26. The molecular formula is C39H27F6N. The minimum absolute atomic E-state index is 0.132. The lowest BCUT2D eigenvalue weighted by atomic mass is 9.89. The van der Waals surface area contributed by atoms with Gasteiger partial charge in [-0.2, -0.15) is 26.3 Å². The summed E-state index contributed by atoms with van der Waals surface area (Å²) in [6.45, 7) is 4.36. The molecule has 0 bridgehead atoms. The van der Waals surface area contributed by atoms with Crippen LogP contribution in [0.2, 0.25) is 0 Å². The second-order valence-corrected chi connectivity index (χ2v) is 11.1. The van der Waals surface area contributed by atoms with Gasteiger partial charge in [0.1, 0.15) is 0 Å². The molecular weight excluding hydrogens is 596 g/mol. The first-order chi connectivity index (χ1) is 21.9. The topological polar surface area (TPSA) is 26.0 Å². The highest BCUT2D eigenvalue weighted by atomic mass is 19.4. The van der Waals surface area contributed by atoms with Gasteiger partial charge >= 0.3 is 12.4 Å². The molecule has 0 saturated heterocycles. The molecule has 1 nitrogen and oxygen atoms in total. The predicted octanol–water partition coefficient (Wildman–Crippen LogP) is 11.7. The number of anilines is 1. The third-order valence-corrected chi connectivity index (χ3v) is 8.10. The number of alkyl halides is 6. The first-order valence-corrected chi connectivity index (χ1v) is 14.4. The Bertz CT molecular complexity index is 2020. The van der Waals surface area contributed by atoms with E-state index >= 15 is 0 Å². The zero-order valence-corrected chi connectivity index (χ0v) is 24.4. The number of para-hydroxylation sites is 1. The maximum Gasteiger partial charge on any atom is 0.416 e. The van der Waals surface area contributed by atoms with E-state index in [0.29, 0.717) is 6.42 Å². The summed E-state index contributed by atoms with van der Waals surface area (Å²) < 4.78 is 80.1. The highest BCUT2D eigenvalue weighted by Gasteiger charge is 2.37. The summed E-state index contributed by atoms with van der Waals surface area (Å²) in [4.78, 5) is 0. The second kappa shape index (κ2) is 11.9. The van der Waals surface area contributed by atoms with Gasteiger partial charge in [0, 0.05) is 5.69 Å². The smallest absolute Gasteiger partial charge is 0.398 e. The maximum atomic E-state index is 13.4. The molecule has 0 amide bonds. The summed E-state index contributed by atoms with van der Waals surface area (Å²) in [6.07, 6.45) is -9.19. The molecule has 230 valence electrons. The van der Waals surface area contributed by atoms with E-state index < -0.39 is 23.5 Å². The summed E-state index contributed by atoms with van der Waals surface area (Å²) >= 11 is 0. The number of hydrogen-bond donors (Lipinski definition) is 1. The zero-order valence-electron chi connectivity index (χ0n) is 24.4. The first-order valence-electron chi connectivity index (χ1n) is 14.4. The minimum Gasteiger partial charge on any atom is -0.398 e. The van der Waals surface area contributed by atoms with Crippen molar-refractivity contribution in [2.24, 2.45) is 0 Å². The number of nitrogen functional groups attached to an aromatic ring is 1. The lowest BCUT2D eigenvalue weighted by molar-refractivity contribution is -0.143. The van der Waals surface area contributed by atoms with E-state index in [1.165, 1.54) is 12.1 Å². The highest BCUT2D eigenvalue weighted by molar-refractivity contribution is 6.03. The maximum absolute atomic E-state index is 13.4. The number of nitrogens with two attached hydrogens (primary N) is 1. The number of allylic oxidation sites excluding steroid dienone is 1. The molecule has 0 heterocycles. The van der Waals surface area contributed by atoms with Crippen LogP contribution in [0.1, 0.15) is 22.3 Å². The Balaban J connectivity index is 1.28. The van der Waals surface area contributed by atoms with E-state index in [1.54, 1.807) is 12.1 Å². The van der Waals surface area contributed by atoms with Crippen molar-refractivity contribution in [2.75, 3.05) is 5.73 Å². The molecule has 7 heteroatoms.